The van der Waals surface area contributed by atoms with E-state index in [1.165, 1.54) is 23.2 Å². The number of fused-ring (bicyclic) bond motifs is 3. The Balaban J connectivity index is 1.34. The number of methoxy groups -OCH3 is 1. The second kappa shape index (κ2) is 7.95. The summed E-state index contributed by atoms with van der Waals surface area (Å²) in [5.74, 6) is 1.31. The Morgan fingerprint density at radius 3 is 2.52 bits per heavy atom. The average molecular weight is 450 g/mol. The van der Waals surface area contributed by atoms with Gasteiger partial charge in [-0.05, 0) is 36.6 Å². The normalized spacial score (nSPS) is 15.2. The molecule has 1 saturated heterocycles. The Morgan fingerprint density at radius 1 is 1.03 bits per heavy atom. The van der Waals surface area contributed by atoms with Gasteiger partial charge in [-0.3, -0.25) is 23.8 Å². The number of carbonyl (C=O) groups excluding carboxylic acids is 1. The predicted molar refractivity (Wildman–Crippen MR) is 123 cm³/mol. The number of benzene rings is 1. The van der Waals surface area contributed by atoms with Crippen molar-refractivity contribution in [1.29, 1.82) is 0 Å². The van der Waals surface area contributed by atoms with Gasteiger partial charge in [-0.2, -0.15) is 5.10 Å². The molecule has 1 aliphatic heterocycles. The van der Waals surface area contributed by atoms with Gasteiger partial charge in [-0.25, -0.2) is 4.79 Å². The summed E-state index contributed by atoms with van der Waals surface area (Å²) in [5.41, 5.74) is 3.82. The van der Waals surface area contributed by atoms with E-state index in [9.17, 15) is 14.4 Å². The van der Waals surface area contributed by atoms with Gasteiger partial charge in [0.2, 0.25) is 0 Å². The molecule has 0 spiro atoms. The molecule has 172 valence electrons. The molecule has 1 aliphatic carbocycles. The van der Waals surface area contributed by atoms with Crippen LogP contribution in [0.15, 0.2) is 33.9 Å². The quantitative estimate of drug-likeness (QED) is 0.625. The summed E-state index contributed by atoms with van der Waals surface area (Å²) >= 11 is 0. The minimum atomic E-state index is -0.363. The van der Waals surface area contributed by atoms with E-state index in [4.69, 9.17) is 4.74 Å². The van der Waals surface area contributed by atoms with E-state index in [0.717, 1.165) is 40.0 Å². The summed E-state index contributed by atoms with van der Waals surface area (Å²) in [5, 5.41) is 7.45. The van der Waals surface area contributed by atoms with E-state index >= 15 is 0 Å². The lowest BCUT2D eigenvalue weighted by Crippen LogP contribution is -2.51. The van der Waals surface area contributed by atoms with Crippen LogP contribution >= 0.6 is 0 Å². The van der Waals surface area contributed by atoms with E-state index in [2.05, 4.69) is 10.2 Å². The zero-order valence-corrected chi connectivity index (χ0v) is 18.9. The molecule has 5 rings (SSSR count). The molecule has 10 nitrogen and oxygen atoms in total. The number of ether oxygens (including phenoxy) is 1. The van der Waals surface area contributed by atoms with Crippen molar-refractivity contribution < 1.29 is 9.53 Å². The van der Waals surface area contributed by atoms with Crippen molar-refractivity contribution in [3.63, 3.8) is 0 Å². The number of aryl methyl sites for hydroxylation is 1. The number of hydrogen-bond donors (Lipinski definition) is 1. The fourth-order valence-corrected chi connectivity index (χ4v) is 4.72. The molecule has 0 atom stereocenters. The van der Waals surface area contributed by atoms with Crippen LogP contribution in [0.1, 0.15) is 21.6 Å². The zero-order chi connectivity index (χ0) is 23.3. The van der Waals surface area contributed by atoms with Crippen molar-refractivity contribution in [2.75, 3.05) is 38.2 Å². The van der Waals surface area contributed by atoms with Gasteiger partial charge < -0.3 is 14.5 Å². The monoisotopic (exact) mass is 450 g/mol. The van der Waals surface area contributed by atoms with Crippen LogP contribution in [-0.2, 0) is 26.9 Å². The highest BCUT2D eigenvalue weighted by Crippen LogP contribution is 2.35. The number of piperazine rings is 1. The van der Waals surface area contributed by atoms with Crippen molar-refractivity contribution >= 4 is 11.7 Å². The molecule has 1 amide bonds. The number of carbonyl (C=O) groups is 1. The fourth-order valence-electron chi connectivity index (χ4n) is 4.72. The molecule has 3 aromatic rings. The van der Waals surface area contributed by atoms with Crippen molar-refractivity contribution in [2.24, 2.45) is 14.1 Å². The molecule has 2 aliphatic rings. The van der Waals surface area contributed by atoms with E-state index in [0.29, 0.717) is 37.7 Å². The topological polar surface area (TPSA) is 105 Å². The average Bonchev–Trinajstić information content (AvgIpc) is 3.29. The summed E-state index contributed by atoms with van der Waals surface area (Å²) in [6.07, 6.45) is 1.56. The summed E-state index contributed by atoms with van der Waals surface area (Å²) in [6.45, 7) is 2.05. The number of aromatic nitrogens is 4. The number of H-pyrrole nitrogens is 1. The number of aromatic amines is 1. The highest BCUT2D eigenvalue weighted by molar-refractivity contribution is 5.96. The molecule has 0 radical (unpaired) electrons. The van der Waals surface area contributed by atoms with Gasteiger partial charge in [0.1, 0.15) is 17.3 Å². The molecular weight excluding hydrogens is 424 g/mol. The molecule has 0 unspecified atom stereocenters. The maximum absolute atomic E-state index is 13.3. The van der Waals surface area contributed by atoms with E-state index in [-0.39, 0.29) is 17.2 Å². The van der Waals surface area contributed by atoms with Crippen molar-refractivity contribution in [3.05, 3.63) is 61.9 Å². The number of anilines is 1. The first-order chi connectivity index (χ1) is 15.9. The Labute approximate surface area is 190 Å². The first-order valence-electron chi connectivity index (χ1n) is 10.9. The van der Waals surface area contributed by atoms with Crippen molar-refractivity contribution in [1.82, 2.24) is 24.2 Å². The van der Waals surface area contributed by atoms with Gasteiger partial charge >= 0.3 is 5.69 Å². The third-order valence-corrected chi connectivity index (χ3v) is 6.68. The van der Waals surface area contributed by atoms with Gasteiger partial charge in [0.15, 0.2) is 0 Å². The van der Waals surface area contributed by atoms with Gasteiger partial charge in [-0.1, -0.05) is 0 Å². The lowest BCUT2D eigenvalue weighted by atomic mass is 9.88. The number of hydrogen-bond acceptors (Lipinski definition) is 6. The number of nitrogens with one attached hydrogen (secondary N) is 1. The highest BCUT2D eigenvalue weighted by atomic mass is 16.5. The van der Waals surface area contributed by atoms with Crippen LogP contribution in [0.25, 0.3) is 11.3 Å². The SMILES string of the molecule is COc1ccc2c(c1)CCc1c-2n[nH]c1C(=O)N1CCN(c2cc(=O)n(C)c(=O)n2C)CC1. The molecule has 10 heteroatoms. The van der Waals surface area contributed by atoms with Crippen LogP contribution in [0.2, 0.25) is 0 Å². The molecule has 2 aromatic heterocycles. The first kappa shape index (κ1) is 21.0. The van der Waals surface area contributed by atoms with Gasteiger partial charge in [0, 0.05) is 57.5 Å². The zero-order valence-electron chi connectivity index (χ0n) is 18.9. The van der Waals surface area contributed by atoms with E-state index in [1.54, 1.807) is 19.1 Å². The Morgan fingerprint density at radius 2 is 1.79 bits per heavy atom. The highest BCUT2D eigenvalue weighted by Gasteiger charge is 2.30. The second-order valence-corrected chi connectivity index (χ2v) is 8.47. The standard InChI is InChI=1S/C23H26N6O4/c1-26-18(13-19(30)27(2)23(26)32)28-8-10-29(11-9-28)22(31)21-17-6-4-14-12-15(33-3)5-7-16(14)20(17)24-25-21/h5,7,12-13H,4,6,8-11H2,1-3H3,(H,24,25). The van der Waals surface area contributed by atoms with Crippen LogP contribution in [0.5, 0.6) is 5.75 Å². The number of amides is 1. The maximum atomic E-state index is 13.3. The summed E-state index contributed by atoms with van der Waals surface area (Å²) in [4.78, 5) is 41.4. The predicted octanol–water partition coefficient (Wildman–Crippen LogP) is 0.544. The largest absolute Gasteiger partial charge is 0.497 e. The lowest BCUT2D eigenvalue weighted by Gasteiger charge is -2.36. The van der Waals surface area contributed by atoms with Gasteiger partial charge in [0.25, 0.3) is 11.5 Å². The smallest absolute Gasteiger partial charge is 0.332 e. The Hall–Kier alpha value is -3.82. The van der Waals surface area contributed by atoms with Gasteiger partial charge in [-0.15, -0.1) is 0 Å². The third-order valence-electron chi connectivity index (χ3n) is 6.68. The number of nitrogens with zero attached hydrogens (tertiary/aromatic N) is 5. The minimum Gasteiger partial charge on any atom is -0.497 e. The fraction of sp³-hybridized carbons (Fsp3) is 0.391. The summed E-state index contributed by atoms with van der Waals surface area (Å²) in [7, 11) is 4.77. The molecule has 33 heavy (non-hydrogen) atoms. The Kier molecular flexibility index (Phi) is 5.07. The summed E-state index contributed by atoms with van der Waals surface area (Å²) in [6, 6.07) is 7.40. The molecule has 1 aromatic carbocycles. The molecule has 1 N–H and O–H groups in total. The van der Waals surface area contributed by atoms with E-state index < -0.39 is 0 Å². The van der Waals surface area contributed by atoms with Crippen LogP contribution in [0, 0.1) is 0 Å². The van der Waals surface area contributed by atoms with Crippen LogP contribution in [-0.4, -0.2) is 63.4 Å². The first-order valence-corrected chi connectivity index (χ1v) is 10.9. The second-order valence-electron chi connectivity index (χ2n) is 8.47. The van der Waals surface area contributed by atoms with Gasteiger partial charge in [0.05, 0.1) is 12.8 Å². The van der Waals surface area contributed by atoms with Crippen molar-refractivity contribution in [2.45, 2.75) is 12.8 Å². The lowest BCUT2D eigenvalue weighted by molar-refractivity contribution is 0.0739. The Bertz CT molecular complexity index is 1360. The molecular formula is C23H26N6O4. The summed E-state index contributed by atoms with van der Waals surface area (Å²) < 4.78 is 7.88. The number of rotatable bonds is 3. The van der Waals surface area contributed by atoms with Crippen molar-refractivity contribution in [3.8, 4) is 17.0 Å². The minimum absolute atomic E-state index is 0.0711. The van der Waals surface area contributed by atoms with E-state index in [1.807, 2.05) is 23.1 Å². The molecule has 0 saturated carbocycles. The molecule has 1 fully saturated rings. The third kappa shape index (κ3) is 3.42. The molecule has 3 heterocycles. The van der Waals surface area contributed by atoms with Crippen LogP contribution < -0.4 is 20.9 Å². The van der Waals surface area contributed by atoms with Crippen LogP contribution in [0.4, 0.5) is 5.82 Å². The molecule has 0 bridgehead atoms. The maximum Gasteiger partial charge on any atom is 0.332 e. The van der Waals surface area contributed by atoms with Crippen LogP contribution in [0.3, 0.4) is 0 Å².